The van der Waals surface area contributed by atoms with Crippen LogP contribution in [0.3, 0.4) is 0 Å². The molecule has 2 rings (SSSR count). The van der Waals surface area contributed by atoms with Gasteiger partial charge >= 0.3 is 0 Å². The Kier molecular flexibility index (Phi) is 3.11. The first-order valence-corrected chi connectivity index (χ1v) is 5.99. The maximum absolute atomic E-state index is 11.9. The van der Waals surface area contributed by atoms with Crippen LogP contribution in [-0.4, -0.2) is 18.4 Å². The number of carboxylic acid groups (broad SMARTS) is 1. The SMILES string of the molecule is Cc1cc(C)c(N2CC(C(=O)[O-])CC2=O)c(C)c1. The van der Waals surface area contributed by atoms with Gasteiger partial charge in [0.2, 0.25) is 5.91 Å². The van der Waals surface area contributed by atoms with E-state index in [4.69, 9.17) is 0 Å². The molecule has 1 heterocycles. The van der Waals surface area contributed by atoms with Gasteiger partial charge in [-0.15, -0.1) is 0 Å². The van der Waals surface area contributed by atoms with E-state index in [-0.39, 0.29) is 18.9 Å². The third-order valence-electron chi connectivity index (χ3n) is 3.36. The molecular weight excluding hydrogens is 230 g/mol. The number of benzene rings is 1. The third-order valence-corrected chi connectivity index (χ3v) is 3.36. The zero-order valence-electron chi connectivity index (χ0n) is 10.8. The summed E-state index contributed by atoms with van der Waals surface area (Å²) in [6.45, 7) is 6.09. The maximum atomic E-state index is 11.9. The summed E-state index contributed by atoms with van der Waals surface area (Å²) in [4.78, 5) is 24.3. The average molecular weight is 246 g/mol. The number of carboxylic acids is 1. The van der Waals surface area contributed by atoms with Crippen molar-refractivity contribution in [1.29, 1.82) is 0 Å². The number of aryl methyl sites for hydroxylation is 3. The van der Waals surface area contributed by atoms with E-state index < -0.39 is 11.9 Å². The first kappa shape index (κ1) is 12.6. The molecule has 0 saturated carbocycles. The summed E-state index contributed by atoms with van der Waals surface area (Å²) in [7, 11) is 0. The summed E-state index contributed by atoms with van der Waals surface area (Å²) in [5.41, 5.74) is 3.98. The van der Waals surface area contributed by atoms with Gasteiger partial charge in [-0.25, -0.2) is 0 Å². The van der Waals surface area contributed by atoms with Crippen molar-refractivity contribution in [2.45, 2.75) is 27.2 Å². The lowest BCUT2D eigenvalue weighted by molar-refractivity contribution is -0.310. The van der Waals surface area contributed by atoms with Gasteiger partial charge in [-0.2, -0.15) is 0 Å². The van der Waals surface area contributed by atoms with Crippen molar-refractivity contribution in [3.05, 3.63) is 28.8 Å². The summed E-state index contributed by atoms with van der Waals surface area (Å²) in [6, 6.07) is 4.00. The number of amides is 1. The Balaban J connectivity index is 2.39. The van der Waals surface area contributed by atoms with Crippen molar-refractivity contribution in [2.75, 3.05) is 11.4 Å². The molecule has 1 aromatic carbocycles. The van der Waals surface area contributed by atoms with Crippen LogP contribution in [0.25, 0.3) is 0 Å². The van der Waals surface area contributed by atoms with Crippen molar-refractivity contribution < 1.29 is 14.7 Å². The largest absolute Gasteiger partial charge is 0.550 e. The first-order chi connectivity index (χ1) is 8.40. The van der Waals surface area contributed by atoms with Crippen molar-refractivity contribution in [3.8, 4) is 0 Å². The number of carbonyl (C=O) groups is 2. The van der Waals surface area contributed by atoms with E-state index in [2.05, 4.69) is 0 Å². The highest BCUT2D eigenvalue weighted by Crippen LogP contribution is 2.31. The molecule has 1 aliphatic rings. The van der Waals surface area contributed by atoms with Gasteiger partial charge in [0.05, 0.1) is 0 Å². The zero-order chi connectivity index (χ0) is 13.4. The van der Waals surface area contributed by atoms with Gasteiger partial charge in [0.15, 0.2) is 0 Å². The molecule has 1 aliphatic heterocycles. The van der Waals surface area contributed by atoms with Gasteiger partial charge in [0.1, 0.15) is 0 Å². The molecule has 96 valence electrons. The summed E-state index contributed by atoms with van der Waals surface area (Å²) in [5, 5.41) is 10.9. The minimum absolute atomic E-state index is 0.0368. The molecule has 1 atom stereocenters. The number of aliphatic carboxylic acids is 1. The molecule has 18 heavy (non-hydrogen) atoms. The molecule has 0 aliphatic carbocycles. The van der Waals surface area contributed by atoms with E-state index in [1.54, 1.807) is 4.90 Å². The van der Waals surface area contributed by atoms with Gasteiger partial charge in [-0.3, -0.25) is 4.79 Å². The molecule has 0 spiro atoms. The topological polar surface area (TPSA) is 60.4 Å². The van der Waals surface area contributed by atoms with Crippen LogP contribution < -0.4 is 10.0 Å². The highest BCUT2D eigenvalue weighted by Gasteiger charge is 2.32. The van der Waals surface area contributed by atoms with Crippen LogP contribution in [0.5, 0.6) is 0 Å². The molecule has 1 amide bonds. The van der Waals surface area contributed by atoms with Gasteiger partial charge in [-0.05, 0) is 31.9 Å². The van der Waals surface area contributed by atoms with E-state index in [1.165, 1.54) is 0 Å². The van der Waals surface area contributed by atoms with Gasteiger partial charge in [-0.1, -0.05) is 17.7 Å². The number of hydrogen-bond donors (Lipinski definition) is 0. The molecule has 0 N–H and O–H groups in total. The quantitative estimate of drug-likeness (QED) is 0.772. The zero-order valence-corrected chi connectivity index (χ0v) is 10.8. The average Bonchev–Trinajstić information content (AvgIpc) is 2.59. The number of nitrogens with zero attached hydrogens (tertiary/aromatic N) is 1. The molecule has 1 aromatic rings. The molecule has 1 saturated heterocycles. The Morgan fingerprint density at radius 1 is 1.28 bits per heavy atom. The molecule has 4 nitrogen and oxygen atoms in total. The molecule has 1 unspecified atom stereocenters. The molecule has 1 fully saturated rings. The third kappa shape index (κ3) is 2.10. The molecule has 0 aromatic heterocycles. The fourth-order valence-corrected chi connectivity index (χ4v) is 2.68. The van der Waals surface area contributed by atoms with Gasteiger partial charge < -0.3 is 14.8 Å². The summed E-state index contributed by atoms with van der Waals surface area (Å²) in [5.74, 6) is -1.98. The fraction of sp³-hybridized carbons (Fsp3) is 0.429. The Hall–Kier alpha value is -1.84. The normalized spacial score (nSPS) is 19.4. The summed E-state index contributed by atoms with van der Waals surface area (Å²) < 4.78 is 0. The second-order valence-corrected chi connectivity index (χ2v) is 4.97. The van der Waals surface area contributed by atoms with E-state index in [9.17, 15) is 14.7 Å². The van der Waals surface area contributed by atoms with Crippen LogP contribution in [0.2, 0.25) is 0 Å². The Labute approximate surface area is 106 Å². The van der Waals surface area contributed by atoms with Crippen molar-refractivity contribution in [3.63, 3.8) is 0 Å². The number of carbonyl (C=O) groups excluding carboxylic acids is 2. The first-order valence-electron chi connectivity index (χ1n) is 5.99. The number of rotatable bonds is 2. The Morgan fingerprint density at radius 2 is 1.83 bits per heavy atom. The lowest BCUT2D eigenvalue weighted by atomic mass is 10.0. The second kappa shape index (κ2) is 4.44. The Morgan fingerprint density at radius 3 is 2.28 bits per heavy atom. The van der Waals surface area contributed by atoms with E-state index in [1.807, 2.05) is 32.9 Å². The maximum Gasteiger partial charge on any atom is 0.227 e. The fourth-order valence-electron chi connectivity index (χ4n) is 2.68. The van der Waals surface area contributed by atoms with Crippen LogP contribution in [0, 0.1) is 26.7 Å². The lowest BCUT2D eigenvalue weighted by Crippen LogP contribution is -2.33. The van der Waals surface area contributed by atoms with E-state index >= 15 is 0 Å². The molecule has 4 heteroatoms. The smallest absolute Gasteiger partial charge is 0.227 e. The Bertz CT molecular complexity index is 499. The van der Waals surface area contributed by atoms with Crippen molar-refractivity contribution in [2.24, 2.45) is 5.92 Å². The van der Waals surface area contributed by atoms with Gasteiger partial charge in [0.25, 0.3) is 0 Å². The molecule has 0 radical (unpaired) electrons. The molecule has 0 bridgehead atoms. The van der Waals surface area contributed by atoms with E-state index in [0.29, 0.717) is 0 Å². The minimum Gasteiger partial charge on any atom is -0.550 e. The minimum atomic E-state index is -1.15. The monoisotopic (exact) mass is 246 g/mol. The number of hydrogen-bond acceptors (Lipinski definition) is 3. The second-order valence-electron chi connectivity index (χ2n) is 4.97. The van der Waals surface area contributed by atoms with Crippen LogP contribution in [0.15, 0.2) is 12.1 Å². The van der Waals surface area contributed by atoms with Crippen molar-refractivity contribution >= 4 is 17.6 Å². The highest BCUT2D eigenvalue weighted by molar-refractivity contribution is 6.00. The lowest BCUT2D eigenvalue weighted by Gasteiger charge is -2.22. The van der Waals surface area contributed by atoms with E-state index in [0.717, 1.165) is 22.4 Å². The van der Waals surface area contributed by atoms with Crippen LogP contribution >= 0.6 is 0 Å². The van der Waals surface area contributed by atoms with Crippen LogP contribution in [0.4, 0.5) is 5.69 Å². The predicted octanol–water partition coefficient (Wildman–Crippen LogP) is 0.715. The highest BCUT2D eigenvalue weighted by atomic mass is 16.4. The van der Waals surface area contributed by atoms with Crippen LogP contribution in [0.1, 0.15) is 23.1 Å². The summed E-state index contributed by atoms with van der Waals surface area (Å²) in [6.07, 6.45) is 0.0368. The summed E-state index contributed by atoms with van der Waals surface area (Å²) >= 11 is 0. The van der Waals surface area contributed by atoms with Gasteiger partial charge in [0, 0.05) is 30.5 Å². The standard InChI is InChI=1S/C14H17NO3/c1-8-4-9(2)13(10(3)5-8)15-7-11(14(17)18)6-12(15)16/h4-5,11H,6-7H2,1-3H3,(H,17,18)/p-1. The molecular formula is C14H16NO3-. The predicted molar refractivity (Wildman–Crippen MR) is 66.1 cm³/mol. The van der Waals surface area contributed by atoms with Crippen molar-refractivity contribution in [1.82, 2.24) is 0 Å². The number of anilines is 1. The van der Waals surface area contributed by atoms with Crippen LogP contribution in [-0.2, 0) is 9.59 Å².